The van der Waals surface area contributed by atoms with Crippen molar-refractivity contribution in [1.29, 1.82) is 0 Å². The lowest BCUT2D eigenvalue weighted by Crippen LogP contribution is -2.13. The maximum Gasteiger partial charge on any atom is 0.172 e. The Kier molecular flexibility index (Phi) is 11.6. The number of hydrogen-bond donors (Lipinski definition) is 1. The molecule has 1 aromatic rings. The zero-order valence-electron chi connectivity index (χ0n) is 17.6. The van der Waals surface area contributed by atoms with Crippen molar-refractivity contribution in [2.24, 2.45) is 11.8 Å². The SMILES string of the molecule is CCCCC(CC)COc1ccc(OCC(CC)CCCC)c(C=O)c1O. The number of rotatable bonds is 15. The van der Waals surface area contributed by atoms with Crippen molar-refractivity contribution in [1.82, 2.24) is 0 Å². The molecule has 0 amide bonds. The number of carbonyl (C=O) groups excluding carboxylic acids is 1. The summed E-state index contributed by atoms with van der Waals surface area (Å²) in [4.78, 5) is 11.5. The third kappa shape index (κ3) is 7.82. The molecular weight excluding hydrogens is 340 g/mol. The Labute approximate surface area is 165 Å². The molecule has 0 aliphatic heterocycles. The average Bonchev–Trinajstić information content (AvgIpc) is 2.69. The number of phenols is 1. The molecular formula is C23H38O4. The van der Waals surface area contributed by atoms with Crippen molar-refractivity contribution in [3.05, 3.63) is 17.7 Å². The normalized spacial score (nSPS) is 13.2. The van der Waals surface area contributed by atoms with Gasteiger partial charge in [-0.15, -0.1) is 0 Å². The van der Waals surface area contributed by atoms with Gasteiger partial charge in [-0.3, -0.25) is 4.79 Å². The fourth-order valence-corrected chi connectivity index (χ4v) is 3.14. The van der Waals surface area contributed by atoms with E-state index in [1.165, 1.54) is 25.7 Å². The summed E-state index contributed by atoms with van der Waals surface area (Å²) < 4.78 is 11.7. The summed E-state index contributed by atoms with van der Waals surface area (Å²) in [7, 11) is 0. The number of unbranched alkanes of at least 4 members (excludes halogenated alkanes) is 2. The van der Waals surface area contributed by atoms with Crippen LogP contribution in [0.4, 0.5) is 0 Å². The zero-order valence-corrected chi connectivity index (χ0v) is 17.6. The highest BCUT2D eigenvalue weighted by molar-refractivity contribution is 5.85. The first-order valence-electron chi connectivity index (χ1n) is 10.7. The summed E-state index contributed by atoms with van der Waals surface area (Å²) in [6, 6.07) is 3.44. The van der Waals surface area contributed by atoms with Gasteiger partial charge >= 0.3 is 0 Å². The lowest BCUT2D eigenvalue weighted by Gasteiger charge is -2.19. The van der Waals surface area contributed by atoms with Crippen LogP contribution in [0.2, 0.25) is 0 Å². The molecule has 27 heavy (non-hydrogen) atoms. The molecule has 2 unspecified atom stereocenters. The summed E-state index contributed by atoms with van der Waals surface area (Å²) in [6.07, 6.45) is 9.66. The summed E-state index contributed by atoms with van der Waals surface area (Å²) in [5, 5.41) is 10.5. The summed E-state index contributed by atoms with van der Waals surface area (Å²) in [5.41, 5.74) is 0.180. The molecule has 1 rings (SSSR count). The van der Waals surface area contributed by atoms with Gasteiger partial charge in [0.25, 0.3) is 0 Å². The largest absolute Gasteiger partial charge is 0.504 e. The number of aldehydes is 1. The molecule has 154 valence electrons. The maximum absolute atomic E-state index is 11.5. The highest BCUT2D eigenvalue weighted by Crippen LogP contribution is 2.36. The number of phenolic OH excluding ortho intramolecular Hbond substituents is 1. The van der Waals surface area contributed by atoms with E-state index in [1.807, 2.05) is 0 Å². The second-order valence-corrected chi connectivity index (χ2v) is 7.40. The van der Waals surface area contributed by atoms with Crippen LogP contribution < -0.4 is 9.47 Å². The Bertz CT molecular complexity index is 541. The molecule has 0 aliphatic rings. The molecule has 0 aromatic heterocycles. The molecule has 0 heterocycles. The molecule has 4 heteroatoms. The number of aromatic hydroxyl groups is 1. The fourth-order valence-electron chi connectivity index (χ4n) is 3.14. The topological polar surface area (TPSA) is 55.8 Å². The Morgan fingerprint density at radius 2 is 1.37 bits per heavy atom. The standard InChI is InChI=1S/C23H38O4/c1-5-9-11-18(7-3)16-26-21-13-14-22(23(25)20(21)15-24)27-17-19(8-4)12-10-6-2/h13-15,18-19,25H,5-12,16-17H2,1-4H3. The van der Waals surface area contributed by atoms with E-state index in [0.717, 1.165) is 25.7 Å². The maximum atomic E-state index is 11.5. The van der Waals surface area contributed by atoms with Crippen LogP contribution in [0, 0.1) is 11.8 Å². The van der Waals surface area contributed by atoms with Crippen molar-refractivity contribution < 1.29 is 19.4 Å². The number of carbonyl (C=O) groups is 1. The van der Waals surface area contributed by atoms with E-state index in [1.54, 1.807) is 12.1 Å². The van der Waals surface area contributed by atoms with E-state index in [-0.39, 0.29) is 11.3 Å². The second kappa shape index (κ2) is 13.5. The number of hydrogen-bond acceptors (Lipinski definition) is 4. The fraction of sp³-hybridized carbons (Fsp3) is 0.696. The van der Waals surface area contributed by atoms with E-state index in [0.29, 0.717) is 42.8 Å². The van der Waals surface area contributed by atoms with E-state index >= 15 is 0 Å². The Morgan fingerprint density at radius 1 is 0.889 bits per heavy atom. The van der Waals surface area contributed by atoms with Gasteiger partial charge in [0, 0.05) is 0 Å². The predicted octanol–water partition coefficient (Wildman–Crippen LogP) is 6.40. The van der Waals surface area contributed by atoms with Crippen LogP contribution in [0.1, 0.15) is 89.4 Å². The van der Waals surface area contributed by atoms with Gasteiger partial charge in [-0.1, -0.05) is 66.2 Å². The number of benzene rings is 1. The molecule has 1 N–H and O–H groups in total. The lowest BCUT2D eigenvalue weighted by atomic mass is 10.0. The van der Waals surface area contributed by atoms with Crippen LogP contribution >= 0.6 is 0 Å². The van der Waals surface area contributed by atoms with E-state index in [2.05, 4.69) is 27.7 Å². The van der Waals surface area contributed by atoms with Crippen LogP contribution in [0.5, 0.6) is 17.2 Å². The molecule has 0 saturated carbocycles. The minimum atomic E-state index is -0.116. The van der Waals surface area contributed by atoms with Crippen molar-refractivity contribution >= 4 is 6.29 Å². The van der Waals surface area contributed by atoms with E-state index in [4.69, 9.17) is 9.47 Å². The summed E-state index contributed by atoms with van der Waals surface area (Å²) in [5.74, 6) is 1.60. The Morgan fingerprint density at radius 3 is 1.81 bits per heavy atom. The first-order chi connectivity index (χ1) is 13.1. The average molecular weight is 379 g/mol. The molecule has 2 atom stereocenters. The minimum absolute atomic E-state index is 0.116. The van der Waals surface area contributed by atoms with Crippen LogP contribution in [0.15, 0.2) is 12.1 Å². The predicted molar refractivity (Wildman–Crippen MR) is 111 cm³/mol. The van der Waals surface area contributed by atoms with Crippen LogP contribution in [0.3, 0.4) is 0 Å². The van der Waals surface area contributed by atoms with Crippen LogP contribution in [-0.2, 0) is 0 Å². The quantitative estimate of drug-likeness (QED) is 0.359. The molecule has 1 aromatic carbocycles. The van der Waals surface area contributed by atoms with Crippen LogP contribution in [0.25, 0.3) is 0 Å². The first kappa shape index (κ1) is 23.3. The van der Waals surface area contributed by atoms with E-state index in [9.17, 15) is 9.90 Å². The third-order valence-electron chi connectivity index (χ3n) is 5.29. The van der Waals surface area contributed by atoms with Crippen molar-refractivity contribution in [3.8, 4) is 17.2 Å². The van der Waals surface area contributed by atoms with Crippen molar-refractivity contribution in [3.63, 3.8) is 0 Å². The van der Waals surface area contributed by atoms with Gasteiger partial charge in [-0.25, -0.2) is 0 Å². The molecule has 0 bridgehead atoms. The minimum Gasteiger partial charge on any atom is -0.504 e. The van der Waals surface area contributed by atoms with Crippen molar-refractivity contribution in [2.45, 2.75) is 79.1 Å². The van der Waals surface area contributed by atoms with Gasteiger partial charge < -0.3 is 14.6 Å². The van der Waals surface area contributed by atoms with Gasteiger partial charge in [0.1, 0.15) is 11.3 Å². The molecule has 4 nitrogen and oxygen atoms in total. The zero-order chi connectivity index (χ0) is 20.1. The highest BCUT2D eigenvalue weighted by atomic mass is 16.5. The molecule has 0 radical (unpaired) electrons. The van der Waals surface area contributed by atoms with Gasteiger partial charge in [0.15, 0.2) is 17.8 Å². The van der Waals surface area contributed by atoms with Gasteiger partial charge in [-0.2, -0.15) is 0 Å². The molecule has 0 saturated heterocycles. The number of ether oxygens (including phenoxy) is 2. The highest BCUT2D eigenvalue weighted by Gasteiger charge is 2.17. The summed E-state index contributed by atoms with van der Waals surface area (Å²) >= 11 is 0. The smallest absolute Gasteiger partial charge is 0.172 e. The van der Waals surface area contributed by atoms with E-state index < -0.39 is 0 Å². The Hall–Kier alpha value is -1.71. The molecule has 0 spiro atoms. The first-order valence-corrected chi connectivity index (χ1v) is 10.7. The molecule has 0 aliphatic carbocycles. The van der Waals surface area contributed by atoms with Crippen molar-refractivity contribution in [2.75, 3.05) is 13.2 Å². The molecule has 0 fully saturated rings. The lowest BCUT2D eigenvalue weighted by molar-refractivity contribution is 0.111. The van der Waals surface area contributed by atoms with Crippen LogP contribution in [-0.4, -0.2) is 24.6 Å². The second-order valence-electron chi connectivity index (χ2n) is 7.40. The van der Waals surface area contributed by atoms with Gasteiger partial charge in [0.2, 0.25) is 0 Å². The van der Waals surface area contributed by atoms with Gasteiger partial charge in [0.05, 0.1) is 13.2 Å². The third-order valence-corrected chi connectivity index (χ3v) is 5.29. The Balaban J connectivity index is 2.75. The van der Waals surface area contributed by atoms with Gasteiger partial charge in [-0.05, 0) is 36.8 Å². The summed E-state index contributed by atoms with van der Waals surface area (Å²) in [6.45, 7) is 9.78. The monoisotopic (exact) mass is 378 g/mol.